The highest BCUT2D eigenvalue weighted by atomic mass is 16.2. The molecule has 0 spiro atoms. The number of ketones is 2. The summed E-state index contributed by atoms with van der Waals surface area (Å²) in [4.78, 5) is 52.2. The number of hydrogen-bond donors (Lipinski definition) is 1. The average Bonchev–Trinajstić information content (AvgIpc) is 2.67. The molecule has 0 fully saturated rings. The van der Waals surface area contributed by atoms with E-state index < -0.39 is 12.0 Å². The molecular weight excluding hydrogens is 368 g/mol. The van der Waals surface area contributed by atoms with Crippen LogP contribution in [0.25, 0.3) is 0 Å². The van der Waals surface area contributed by atoms with Crippen molar-refractivity contribution in [2.75, 3.05) is 6.54 Å². The minimum Gasteiger partial charge on any atom is -0.346 e. The van der Waals surface area contributed by atoms with E-state index in [0.29, 0.717) is 31.3 Å². The maximum atomic E-state index is 12.9. The summed E-state index contributed by atoms with van der Waals surface area (Å²) in [5.74, 6) is -0.987. The Hall–Kier alpha value is -2.63. The second-order valence-electron chi connectivity index (χ2n) is 7.62. The van der Waals surface area contributed by atoms with Crippen LogP contribution in [0.4, 0.5) is 0 Å². The summed E-state index contributed by atoms with van der Waals surface area (Å²) < 4.78 is 0. The van der Waals surface area contributed by atoms with E-state index in [9.17, 15) is 19.2 Å². The number of carbonyl (C=O) groups excluding carboxylic acids is 4. The molecule has 0 aromatic heterocycles. The van der Waals surface area contributed by atoms with Crippen LogP contribution in [0.15, 0.2) is 35.3 Å². The lowest BCUT2D eigenvalue weighted by Gasteiger charge is -2.22. The molecule has 0 radical (unpaired) electrons. The van der Waals surface area contributed by atoms with Gasteiger partial charge in [-0.15, -0.1) is 0 Å². The fraction of sp³-hybridized carbons (Fsp3) is 0.522. The Labute approximate surface area is 173 Å². The molecule has 1 N–H and O–H groups in total. The Balaban J connectivity index is 2.91. The minimum absolute atomic E-state index is 0.0194. The molecule has 0 bridgehead atoms. The summed E-state index contributed by atoms with van der Waals surface area (Å²) in [6, 6.07) is 8.86. The predicted octanol–water partition coefficient (Wildman–Crippen LogP) is 2.97. The van der Waals surface area contributed by atoms with Gasteiger partial charge in [0.25, 0.3) is 0 Å². The molecule has 6 nitrogen and oxygen atoms in total. The number of carbonyl (C=O) groups is 4. The minimum atomic E-state index is -0.635. The van der Waals surface area contributed by atoms with Gasteiger partial charge in [0.1, 0.15) is 6.29 Å². The van der Waals surface area contributed by atoms with Crippen LogP contribution < -0.4 is 5.32 Å². The third-order valence-electron chi connectivity index (χ3n) is 4.66. The third-order valence-corrected chi connectivity index (χ3v) is 4.66. The monoisotopic (exact) mass is 400 g/mol. The van der Waals surface area contributed by atoms with E-state index >= 15 is 0 Å². The van der Waals surface area contributed by atoms with Crippen LogP contribution in [-0.4, -0.2) is 42.1 Å². The van der Waals surface area contributed by atoms with E-state index in [0.717, 1.165) is 5.56 Å². The number of hydrogen-bond acceptors (Lipinski definition) is 5. The van der Waals surface area contributed by atoms with Gasteiger partial charge in [-0.2, -0.15) is 0 Å². The molecule has 0 aliphatic rings. The SMILES string of the molecule is CCC(=NCC=O)C(=O)C[C@@H](CC(C)C)C(=O)N[C@@H](Cc1ccccc1)C(C)=O. The molecular formula is C23H32N2O4. The molecule has 29 heavy (non-hydrogen) atoms. The topological polar surface area (TPSA) is 92.7 Å². The molecule has 2 atom stereocenters. The van der Waals surface area contributed by atoms with Gasteiger partial charge in [-0.05, 0) is 37.7 Å². The number of amides is 1. The Kier molecular flexibility index (Phi) is 10.7. The fourth-order valence-electron chi connectivity index (χ4n) is 3.17. The smallest absolute Gasteiger partial charge is 0.224 e. The quantitative estimate of drug-likeness (QED) is 0.407. The number of nitrogens with one attached hydrogen (secondary N) is 1. The lowest BCUT2D eigenvalue weighted by Crippen LogP contribution is -2.45. The Morgan fingerprint density at radius 2 is 1.79 bits per heavy atom. The summed E-state index contributed by atoms with van der Waals surface area (Å²) in [5, 5.41) is 2.84. The zero-order valence-electron chi connectivity index (χ0n) is 17.8. The normalized spacial score (nSPS) is 13.6. The number of benzene rings is 1. The molecule has 0 unspecified atom stereocenters. The van der Waals surface area contributed by atoms with Crippen LogP contribution in [0.2, 0.25) is 0 Å². The summed E-state index contributed by atoms with van der Waals surface area (Å²) in [5.41, 5.74) is 1.28. The first kappa shape index (κ1) is 24.4. The predicted molar refractivity (Wildman–Crippen MR) is 114 cm³/mol. The van der Waals surface area contributed by atoms with Crippen molar-refractivity contribution in [2.24, 2.45) is 16.8 Å². The maximum Gasteiger partial charge on any atom is 0.224 e. The third kappa shape index (κ3) is 8.94. The van der Waals surface area contributed by atoms with Crippen LogP contribution in [0.3, 0.4) is 0 Å². The molecule has 1 rings (SSSR count). The van der Waals surface area contributed by atoms with Gasteiger partial charge < -0.3 is 10.1 Å². The van der Waals surface area contributed by atoms with Gasteiger partial charge in [0, 0.05) is 12.3 Å². The highest BCUT2D eigenvalue weighted by Crippen LogP contribution is 2.18. The zero-order valence-corrected chi connectivity index (χ0v) is 17.8. The summed E-state index contributed by atoms with van der Waals surface area (Å²) in [7, 11) is 0. The van der Waals surface area contributed by atoms with Crippen molar-refractivity contribution in [3.05, 3.63) is 35.9 Å². The molecule has 6 heteroatoms. The largest absolute Gasteiger partial charge is 0.346 e. The first-order valence-corrected chi connectivity index (χ1v) is 10.1. The summed E-state index contributed by atoms with van der Waals surface area (Å²) in [6.45, 7) is 7.17. The van der Waals surface area contributed by atoms with Crippen LogP contribution in [-0.2, 0) is 25.6 Å². The molecule has 158 valence electrons. The van der Waals surface area contributed by atoms with Crippen molar-refractivity contribution >= 4 is 29.5 Å². The van der Waals surface area contributed by atoms with E-state index in [1.165, 1.54) is 6.92 Å². The van der Waals surface area contributed by atoms with Crippen molar-refractivity contribution < 1.29 is 19.2 Å². The van der Waals surface area contributed by atoms with Crippen LogP contribution in [0.1, 0.15) is 52.5 Å². The Morgan fingerprint density at radius 3 is 2.31 bits per heavy atom. The molecule has 1 aromatic carbocycles. The van der Waals surface area contributed by atoms with E-state index in [1.807, 2.05) is 44.2 Å². The van der Waals surface area contributed by atoms with Gasteiger partial charge in [0.2, 0.25) is 5.91 Å². The van der Waals surface area contributed by atoms with E-state index in [1.54, 1.807) is 6.92 Å². The molecule has 0 heterocycles. The van der Waals surface area contributed by atoms with E-state index in [-0.39, 0.29) is 36.4 Å². The number of aliphatic imine (C=N–C) groups is 1. The highest BCUT2D eigenvalue weighted by Gasteiger charge is 2.27. The van der Waals surface area contributed by atoms with Crippen LogP contribution >= 0.6 is 0 Å². The van der Waals surface area contributed by atoms with E-state index in [2.05, 4.69) is 10.3 Å². The molecule has 1 aromatic rings. The van der Waals surface area contributed by atoms with Gasteiger partial charge >= 0.3 is 0 Å². The van der Waals surface area contributed by atoms with Crippen LogP contribution in [0.5, 0.6) is 0 Å². The number of nitrogens with zero attached hydrogens (tertiary/aromatic N) is 1. The Bertz CT molecular complexity index is 726. The summed E-state index contributed by atoms with van der Waals surface area (Å²) in [6.07, 6.45) is 2.00. The van der Waals surface area contributed by atoms with Gasteiger partial charge in [-0.25, -0.2) is 0 Å². The Morgan fingerprint density at radius 1 is 1.14 bits per heavy atom. The average molecular weight is 401 g/mol. The molecule has 0 aliphatic heterocycles. The van der Waals surface area contributed by atoms with Crippen molar-refractivity contribution in [3.8, 4) is 0 Å². The summed E-state index contributed by atoms with van der Waals surface area (Å²) >= 11 is 0. The highest BCUT2D eigenvalue weighted by molar-refractivity contribution is 6.40. The van der Waals surface area contributed by atoms with Gasteiger partial charge in [-0.1, -0.05) is 51.1 Å². The first-order chi connectivity index (χ1) is 13.8. The van der Waals surface area contributed by atoms with Gasteiger partial charge in [0.15, 0.2) is 11.6 Å². The second kappa shape index (κ2) is 12.8. The van der Waals surface area contributed by atoms with Crippen molar-refractivity contribution in [1.29, 1.82) is 0 Å². The lowest BCUT2D eigenvalue weighted by molar-refractivity contribution is -0.131. The van der Waals surface area contributed by atoms with E-state index in [4.69, 9.17) is 0 Å². The first-order valence-electron chi connectivity index (χ1n) is 10.1. The molecule has 0 aliphatic carbocycles. The second-order valence-corrected chi connectivity index (χ2v) is 7.62. The van der Waals surface area contributed by atoms with Crippen molar-refractivity contribution in [2.45, 2.75) is 59.4 Å². The van der Waals surface area contributed by atoms with Crippen LogP contribution in [0, 0.1) is 11.8 Å². The number of aldehydes is 1. The molecule has 0 saturated carbocycles. The lowest BCUT2D eigenvalue weighted by atomic mass is 9.89. The van der Waals surface area contributed by atoms with Crippen molar-refractivity contribution in [3.63, 3.8) is 0 Å². The molecule has 0 saturated heterocycles. The van der Waals surface area contributed by atoms with Gasteiger partial charge in [-0.3, -0.25) is 19.4 Å². The zero-order chi connectivity index (χ0) is 21.8. The number of Topliss-reactive ketones (excluding diaryl/α,β-unsaturated/α-hetero) is 2. The van der Waals surface area contributed by atoms with Crippen molar-refractivity contribution in [1.82, 2.24) is 5.32 Å². The number of rotatable bonds is 13. The maximum absolute atomic E-state index is 12.9. The molecule has 1 amide bonds. The standard InChI is InChI=1S/C23H32N2O4/c1-5-20(24-11-12-26)22(28)15-19(13-16(2)3)23(29)25-21(17(4)27)14-18-9-7-6-8-10-18/h6-10,12,16,19,21H,5,11,13-15H2,1-4H3,(H,25,29)/t19-,21+/m1/s1. The van der Waals surface area contributed by atoms with Gasteiger partial charge in [0.05, 0.1) is 18.3 Å². The fourth-order valence-corrected chi connectivity index (χ4v) is 3.17.